The minimum Gasteiger partial charge on any atom is -0.337 e. The van der Waals surface area contributed by atoms with E-state index in [0.717, 1.165) is 38.0 Å². The molecule has 1 aliphatic heterocycles. The van der Waals surface area contributed by atoms with Crippen LogP contribution in [0.1, 0.15) is 42.0 Å². The molecular weight excluding hydrogens is 298 g/mol. The molecule has 0 aliphatic carbocycles. The fourth-order valence-corrected chi connectivity index (χ4v) is 3.54. The number of rotatable bonds is 5. The molecule has 4 heteroatoms. The zero-order valence-electron chi connectivity index (χ0n) is 14.9. The first-order valence-corrected chi connectivity index (χ1v) is 8.89. The van der Waals surface area contributed by atoms with E-state index in [1.165, 1.54) is 5.56 Å². The maximum Gasteiger partial charge on any atom is 0.272 e. The van der Waals surface area contributed by atoms with Crippen molar-refractivity contribution in [2.75, 3.05) is 13.1 Å². The summed E-state index contributed by atoms with van der Waals surface area (Å²) in [5.41, 5.74) is 3.08. The Morgan fingerprint density at radius 2 is 2.04 bits per heavy atom. The molecule has 0 radical (unpaired) electrons. The van der Waals surface area contributed by atoms with Gasteiger partial charge in [0.1, 0.15) is 5.69 Å². The molecule has 1 amide bonds. The summed E-state index contributed by atoms with van der Waals surface area (Å²) < 4.78 is 1.74. The van der Waals surface area contributed by atoms with Crippen LogP contribution in [0.4, 0.5) is 0 Å². The zero-order valence-corrected chi connectivity index (χ0v) is 14.9. The molecule has 1 aromatic heterocycles. The third kappa shape index (κ3) is 3.86. The average Bonchev–Trinajstić information content (AvgIpc) is 3.14. The first kappa shape index (κ1) is 16.7. The van der Waals surface area contributed by atoms with Gasteiger partial charge in [-0.1, -0.05) is 44.2 Å². The third-order valence-electron chi connectivity index (χ3n) is 4.71. The molecule has 0 spiro atoms. The van der Waals surface area contributed by atoms with Crippen molar-refractivity contribution in [1.82, 2.24) is 14.7 Å². The highest BCUT2D eigenvalue weighted by molar-refractivity contribution is 5.92. The molecule has 0 bridgehead atoms. The Morgan fingerprint density at radius 1 is 1.29 bits per heavy atom. The van der Waals surface area contributed by atoms with Crippen molar-refractivity contribution >= 4 is 5.91 Å². The lowest BCUT2D eigenvalue weighted by atomic mass is 9.99. The number of hydrogen-bond acceptors (Lipinski definition) is 2. The van der Waals surface area contributed by atoms with E-state index in [-0.39, 0.29) is 5.91 Å². The Morgan fingerprint density at radius 3 is 2.75 bits per heavy atom. The van der Waals surface area contributed by atoms with Gasteiger partial charge in [-0.05, 0) is 42.7 Å². The quantitative estimate of drug-likeness (QED) is 0.846. The van der Waals surface area contributed by atoms with Crippen molar-refractivity contribution in [2.24, 2.45) is 18.9 Å². The number of carbonyl (C=O) groups is 1. The van der Waals surface area contributed by atoms with Gasteiger partial charge in [-0.15, -0.1) is 0 Å². The lowest BCUT2D eigenvalue weighted by molar-refractivity contribution is 0.0776. The van der Waals surface area contributed by atoms with Gasteiger partial charge >= 0.3 is 0 Å². The van der Waals surface area contributed by atoms with E-state index in [1.807, 2.05) is 24.1 Å². The SMILES string of the molecule is CC(C)Cc1cc(C(=O)N2CC[C@@H](Cc3ccccc3)C2)n(C)n1. The zero-order chi connectivity index (χ0) is 17.1. The van der Waals surface area contributed by atoms with Gasteiger partial charge in [0.05, 0.1) is 5.69 Å². The fourth-order valence-electron chi connectivity index (χ4n) is 3.54. The Labute approximate surface area is 144 Å². The van der Waals surface area contributed by atoms with Crippen molar-refractivity contribution in [3.8, 4) is 0 Å². The second kappa shape index (κ2) is 7.20. The topological polar surface area (TPSA) is 38.1 Å². The van der Waals surface area contributed by atoms with Crippen LogP contribution in [0.15, 0.2) is 36.4 Å². The standard InChI is InChI=1S/C20H27N3O/c1-15(2)11-18-13-19(22(3)21-18)20(24)23-10-9-17(14-23)12-16-7-5-4-6-8-16/h4-8,13,15,17H,9-12,14H2,1-3H3/t17-/m0/s1. The molecule has 1 atom stereocenters. The molecule has 24 heavy (non-hydrogen) atoms. The van der Waals surface area contributed by atoms with E-state index < -0.39 is 0 Å². The van der Waals surface area contributed by atoms with Gasteiger partial charge in [0.2, 0.25) is 0 Å². The Balaban J connectivity index is 1.63. The van der Waals surface area contributed by atoms with Crippen LogP contribution in [0, 0.1) is 11.8 Å². The predicted octanol–water partition coefficient (Wildman–Crippen LogP) is 3.32. The van der Waals surface area contributed by atoms with Gasteiger partial charge < -0.3 is 4.90 Å². The number of aryl methyl sites for hydroxylation is 1. The lowest BCUT2D eigenvalue weighted by Crippen LogP contribution is -2.30. The molecule has 0 N–H and O–H groups in total. The van der Waals surface area contributed by atoms with Crippen molar-refractivity contribution in [3.05, 3.63) is 53.3 Å². The van der Waals surface area contributed by atoms with Gasteiger partial charge in [-0.3, -0.25) is 9.48 Å². The molecule has 0 unspecified atom stereocenters. The molecule has 1 aromatic carbocycles. The van der Waals surface area contributed by atoms with Gasteiger partial charge in [0, 0.05) is 20.1 Å². The summed E-state index contributed by atoms with van der Waals surface area (Å²) in [6.07, 6.45) is 3.05. The number of aromatic nitrogens is 2. The highest BCUT2D eigenvalue weighted by Crippen LogP contribution is 2.23. The van der Waals surface area contributed by atoms with Crippen LogP contribution >= 0.6 is 0 Å². The van der Waals surface area contributed by atoms with E-state index in [4.69, 9.17) is 0 Å². The maximum atomic E-state index is 12.8. The maximum absolute atomic E-state index is 12.8. The minimum absolute atomic E-state index is 0.121. The molecule has 4 nitrogen and oxygen atoms in total. The summed E-state index contributed by atoms with van der Waals surface area (Å²) >= 11 is 0. The van der Waals surface area contributed by atoms with Gasteiger partial charge in [0.25, 0.3) is 5.91 Å². The number of nitrogens with zero attached hydrogens (tertiary/aromatic N) is 3. The summed E-state index contributed by atoms with van der Waals surface area (Å²) in [5.74, 6) is 1.22. The first-order valence-electron chi connectivity index (χ1n) is 8.89. The van der Waals surface area contributed by atoms with Gasteiger partial charge in [-0.2, -0.15) is 5.10 Å². The molecule has 128 valence electrons. The van der Waals surface area contributed by atoms with E-state index >= 15 is 0 Å². The van der Waals surface area contributed by atoms with Crippen LogP contribution in [0.3, 0.4) is 0 Å². The molecule has 0 saturated carbocycles. The van der Waals surface area contributed by atoms with Crippen LogP contribution in [0.2, 0.25) is 0 Å². The van der Waals surface area contributed by atoms with Gasteiger partial charge in [0.15, 0.2) is 0 Å². The van der Waals surface area contributed by atoms with E-state index in [1.54, 1.807) is 4.68 Å². The normalized spacial score (nSPS) is 17.7. The number of likely N-dealkylation sites (tertiary alicyclic amines) is 1. The minimum atomic E-state index is 0.121. The van der Waals surface area contributed by atoms with E-state index in [0.29, 0.717) is 17.5 Å². The highest BCUT2D eigenvalue weighted by Gasteiger charge is 2.28. The molecule has 2 aromatic rings. The number of carbonyl (C=O) groups excluding carboxylic acids is 1. The Bertz CT molecular complexity index is 690. The molecule has 1 aliphatic rings. The second-order valence-corrected chi connectivity index (χ2v) is 7.34. The smallest absolute Gasteiger partial charge is 0.272 e. The summed E-state index contributed by atoms with van der Waals surface area (Å²) in [6, 6.07) is 12.5. The summed E-state index contributed by atoms with van der Waals surface area (Å²) in [4.78, 5) is 14.8. The summed E-state index contributed by atoms with van der Waals surface area (Å²) in [5, 5.41) is 4.50. The lowest BCUT2D eigenvalue weighted by Gasteiger charge is -2.16. The van der Waals surface area contributed by atoms with Crippen molar-refractivity contribution < 1.29 is 4.79 Å². The molecule has 3 rings (SSSR count). The summed E-state index contributed by atoms with van der Waals surface area (Å²) in [7, 11) is 1.87. The van der Waals surface area contributed by atoms with Crippen LogP contribution in [-0.4, -0.2) is 33.7 Å². The molecule has 1 fully saturated rings. The molecular formula is C20H27N3O. The fraction of sp³-hybridized carbons (Fsp3) is 0.500. The van der Waals surface area contributed by atoms with Crippen LogP contribution < -0.4 is 0 Å². The van der Waals surface area contributed by atoms with Crippen LogP contribution in [0.25, 0.3) is 0 Å². The number of hydrogen-bond donors (Lipinski definition) is 0. The predicted molar refractivity (Wildman–Crippen MR) is 95.9 cm³/mol. The monoisotopic (exact) mass is 325 g/mol. The average molecular weight is 325 g/mol. The number of amides is 1. The van der Waals surface area contributed by atoms with E-state index in [2.05, 4.69) is 43.2 Å². The van der Waals surface area contributed by atoms with Crippen molar-refractivity contribution in [1.29, 1.82) is 0 Å². The Hall–Kier alpha value is -2.10. The largest absolute Gasteiger partial charge is 0.337 e. The van der Waals surface area contributed by atoms with Crippen LogP contribution in [0.5, 0.6) is 0 Å². The van der Waals surface area contributed by atoms with Crippen LogP contribution in [-0.2, 0) is 19.9 Å². The second-order valence-electron chi connectivity index (χ2n) is 7.34. The van der Waals surface area contributed by atoms with E-state index in [9.17, 15) is 4.79 Å². The van der Waals surface area contributed by atoms with Crippen molar-refractivity contribution in [2.45, 2.75) is 33.1 Å². The van der Waals surface area contributed by atoms with Crippen molar-refractivity contribution in [3.63, 3.8) is 0 Å². The number of benzene rings is 1. The first-order chi connectivity index (χ1) is 11.5. The summed E-state index contributed by atoms with van der Waals surface area (Å²) in [6.45, 7) is 6.04. The molecule has 2 heterocycles. The third-order valence-corrected chi connectivity index (χ3v) is 4.71. The Kier molecular flexibility index (Phi) is 5.03. The highest BCUT2D eigenvalue weighted by atomic mass is 16.2. The van der Waals surface area contributed by atoms with Gasteiger partial charge in [-0.25, -0.2) is 0 Å². The molecule has 1 saturated heterocycles.